The smallest absolute Gasteiger partial charge is 0.242 e. The minimum atomic E-state index is -0.115. The molecule has 4 heteroatoms. The number of rotatable bonds is 3. The molecule has 1 amide bonds. The molecule has 1 aliphatic heterocycles. The van der Waals surface area contributed by atoms with Crippen LogP contribution in [-0.4, -0.2) is 24.7 Å². The second-order valence-corrected chi connectivity index (χ2v) is 6.52. The summed E-state index contributed by atoms with van der Waals surface area (Å²) in [5.41, 5.74) is 0.916. The first-order valence-electron chi connectivity index (χ1n) is 6.72. The molecule has 1 aliphatic rings. The summed E-state index contributed by atoms with van der Waals surface area (Å²) < 4.78 is 0. The van der Waals surface area contributed by atoms with E-state index >= 15 is 0 Å². The highest BCUT2D eigenvalue weighted by atomic mass is 32.2. The molecule has 1 unspecified atom stereocenters. The fourth-order valence-electron chi connectivity index (χ4n) is 2.61. The molecule has 1 aromatic rings. The number of benzene rings is 1. The number of nitrogens with one attached hydrogen (secondary N) is 2. The first-order valence-corrected chi connectivity index (χ1v) is 7.94. The van der Waals surface area contributed by atoms with Crippen LogP contribution < -0.4 is 10.6 Å². The lowest BCUT2D eigenvalue weighted by Gasteiger charge is -2.38. The van der Waals surface area contributed by atoms with Crippen molar-refractivity contribution in [2.45, 2.75) is 37.6 Å². The molecule has 1 saturated heterocycles. The standard InChI is InChI=1S/C15H22N2OS/c1-15(2)9-6-10-16-13(15)14(18)17-11-7-4-5-8-12(11)19-3/h4-5,7-8,13,16H,6,9-10H2,1-3H3,(H,17,18). The topological polar surface area (TPSA) is 41.1 Å². The number of para-hydroxylation sites is 1. The van der Waals surface area contributed by atoms with Crippen molar-refractivity contribution < 1.29 is 4.79 Å². The predicted molar refractivity (Wildman–Crippen MR) is 81.7 cm³/mol. The Morgan fingerprint density at radius 2 is 2.16 bits per heavy atom. The average Bonchev–Trinajstić information content (AvgIpc) is 2.38. The molecule has 0 radical (unpaired) electrons. The monoisotopic (exact) mass is 278 g/mol. The highest BCUT2D eigenvalue weighted by Gasteiger charge is 2.37. The van der Waals surface area contributed by atoms with Gasteiger partial charge in [-0.3, -0.25) is 4.79 Å². The summed E-state index contributed by atoms with van der Waals surface area (Å²) >= 11 is 1.65. The molecule has 1 heterocycles. The van der Waals surface area contributed by atoms with E-state index in [0.29, 0.717) is 0 Å². The van der Waals surface area contributed by atoms with Crippen LogP contribution in [-0.2, 0) is 4.79 Å². The van der Waals surface area contributed by atoms with E-state index < -0.39 is 0 Å². The van der Waals surface area contributed by atoms with Gasteiger partial charge in [-0.1, -0.05) is 26.0 Å². The molecule has 2 rings (SSSR count). The Morgan fingerprint density at radius 3 is 2.84 bits per heavy atom. The predicted octanol–water partition coefficient (Wildman–Crippen LogP) is 3.13. The molecule has 1 aromatic carbocycles. The summed E-state index contributed by atoms with van der Waals surface area (Å²) in [6.45, 7) is 5.24. The highest BCUT2D eigenvalue weighted by molar-refractivity contribution is 7.98. The van der Waals surface area contributed by atoms with Crippen LogP contribution in [0.25, 0.3) is 0 Å². The van der Waals surface area contributed by atoms with Gasteiger partial charge < -0.3 is 10.6 Å². The lowest BCUT2D eigenvalue weighted by atomic mass is 9.77. The van der Waals surface area contributed by atoms with Crippen LogP contribution >= 0.6 is 11.8 Å². The first-order chi connectivity index (χ1) is 9.04. The van der Waals surface area contributed by atoms with Gasteiger partial charge in [0.25, 0.3) is 0 Å². The Morgan fingerprint density at radius 1 is 1.42 bits per heavy atom. The number of thioether (sulfide) groups is 1. The second kappa shape index (κ2) is 5.97. The van der Waals surface area contributed by atoms with Crippen molar-refractivity contribution in [2.24, 2.45) is 5.41 Å². The molecule has 19 heavy (non-hydrogen) atoms. The number of amides is 1. The molecule has 3 nitrogen and oxygen atoms in total. The summed E-state index contributed by atoms with van der Waals surface area (Å²) in [5.74, 6) is 0.0752. The van der Waals surface area contributed by atoms with Crippen molar-refractivity contribution in [3.8, 4) is 0 Å². The molecule has 0 spiro atoms. The number of carbonyl (C=O) groups is 1. The van der Waals surface area contributed by atoms with Crippen molar-refractivity contribution >= 4 is 23.4 Å². The lowest BCUT2D eigenvalue weighted by Crippen LogP contribution is -2.53. The van der Waals surface area contributed by atoms with Gasteiger partial charge in [0.1, 0.15) is 0 Å². The van der Waals surface area contributed by atoms with E-state index in [-0.39, 0.29) is 17.4 Å². The van der Waals surface area contributed by atoms with Gasteiger partial charge in [0, 0.05) is 4.90 Å². The zero-order valence-electron chi connectivity index (χ0n) is 11.8. The molecule has 2 N–H and O–H groups in total. The zero-order chi connectivity index (χ0) is 13.9. The van der Waals surface area contributed by atoms with Crippen molar-refractivity contribution in [1.29, 1.82) is 0 Å². The van der Waals surface area contributed by atoms with Gasteiger partial charge in [0.15, 0.2) is 0 Å². The number of carbonyl (C=O) groups excluding carboxylic acids is 1. The zero-order valence-corrected chi connectivity index (χ0v) is 12.6. The van der Waals surface area contributed by atoms with Crippen molar-refractivity contribution in [3.63, 3.8) is 0 Å². The van der Waals surface area contributed by atoms with Gasteiger partial charge in [-0.2, -0.15) is 0 Å². The van der Waals surface area contributed by atoms with Gasteiger partial charge in [0.2, 0.25) is 5.91 Å². The lowest BCUT2D eigenvalue weighted by molar-refractivity contribution is -0.121. The Hall–Kier alpha value is -1.00. The molecule has 1 atom stereocenters. The van der Waals surface area contributed by atoms with Crippen LogP contribution in [0.5, 0.6) is 0 Å². The maximum Gasteiger partial charge on any atom is 0.242 e. The van der Waals surface area contributed by atoms with Gasteiger partial charge in [-0.15, -0.1) is 11.8 Å². The Kier molecular flexibility index (Phi) is 4.53. The maximum absolute atomic E-state index is 12.5. The van der Waals surface area contributed by atoms with E-state index in [4.69, 9.17) is 0 Å². The molecule has 0 aliphatic carbocycles. The van der Waals surface area contributed by atoms with Gasteiger partial charge in [-0.05, 0) is 43.2 Å². The quantitative estimate of drug-likeness (QED) is 0.835. The van der Waals surface area contributed by atoms with Crippen LogP contribution in [0.4, 0.5) is 5.69 Å². The van der Waals surface area contributed by atoms with E-state index in [1.54, 1.807) is 11.8 Å². The third kappa shape index (κ3) is 3.31. The third-order valence-corrected chi connectivity index (χ3v) is 4.55. The van der Waals surface area contributed by atoms with Crippen LogP contribution in [0.2, 0.25) is 0 Å². The first kappa shape index (κ1) is 14.4. The summed E-state index contributed by atoms with van der Waals surface area (Å²) in [7, 11) is 0. The molecule has 0 saturated carbocycles. The van der Waals surface area contributed by atoms with Crippen LogP contribution in [0.1, 0.15) is 26.7 Å². The number of anilines is 1. The number of hydrogen-bond donors (Lipinski definition) is 2. The molecular formula is C15H22N2OS. The molecule has 0 aromatic heterocycles. The fraction of sp³-hybridized carbons (Fsp3) is 0.533. The number of piperidine rings is 1. The van der Waals surface area contributed by atoms with Crippen LogP contribution in [0.3, 0.4) is 0 Å². The van der Waals surface area contributed by atoms with E-state index in [2.05, 4.69) is 24.5 Å². The van der Waals surface area contributed by atoms with E-state index in [0.717, 1.165) is 30.0 Å². The molecule has 0 bridgehead atoms. The number of hydrogen-bond acceptors (Lipinski definition) is 3. The SMILES string of the molecule is CSc1ccccc1NC(=O)C1NCCCC1(C)C. The van der Waals surface area contributed by atoms with E-state index in [1.807, 2.05) is 30.5 Å². The van der Waals surface area contributed by atoms with Crippen LogP contribution in [0.15, 0.2) is 29.2 Å². The summed E-state index contributed by atoms with van der Waals surface area (Å²) in [5, 5.41) is 6.41. The van der Waals surface area contributed by atoms with Crippen LogP contribution in [0, 0.1) is 5.41 Å². The minimum absolute atomic E-state index is 0.0106. The molecule has 104 valence electrons. The van der Waals surface area contributed by atoms with Crippen molar-refractivity contribution in [1.82, 2.24) is 5.32 Å². The average molecular weight is 278 g/mol. The minimum Gasteiger partial charge on any atom is -0.324 e. The normalized spacial score (nSPS) is 21.9. The van der Waals surface area contributed by atoms with Gasteiger partial charge in [0.05, 0.1) is 11.7 Å². The molecular weight excluding hydrogens is 256 g/mol. The Balaban J connectivity index is 2.12. The van der Waals surface area contributed by atoms with Crippen molar-refractivity contribution in [2.75, 3.05) is 18.1 Å². The largest absolute Gasteiger partial charge is 0.324 e. The van der Waals surface area contributed by atoms with Gasteiger partial charge in [-0.25, -0.2) is 0 Å². The third-order valence-electron chi connectivity index (χ3n) is 3.75. The Bertz CT molecular complexity index is 459. The molecule has 1 fully saturated rings. The fourth-order valence-corrected chi connectivity index (χ4v) is 3.17. The van der Waals surface area contributed by atoms with Gasteiger partial charge >= 0.3 is 0 Å². The Labute approximate surface area is 119 Å². The van der Waals surface area contributed by atoms with E-state index in [9.17, 15) is 4.79 Å². The highest BCUT2D eigenvalue weighted by Crippen LogP contribution is 2.31. The summed E-state index contributed by atoms with van der Waals surface area (Å²) in [6, 6.07) is 7.81. The second-order valence-electron chi connectivity index (χ2n) is 5.67. The summed E-state index contributed by atoms with van der Waals surface area (Å²) in [6.07, 6.45) is 4.24. The van der Waals surface area contributed by atoms with E-state index in [1.165, 1.54) is 0 Å². The van der Waals surface area contributed by atoms with Crippen molar-refractivity contribution in [3.05, 3.63) is 24.3 Å². The maximum atomic E-state index is 12.5. The summed E-state index contributed by atoms with van der Waals surface area (Å²) in [4.78, 5) is 13.6.